The predicted molar refractivity (Wildman–Crippen MR) is 103 cm³/mol. The molecule has 0 unspecified atom stereocenters. The number of fused-ring (bicyclic) bond motifs is 2. The van der Waals surface area contributed by atoms with Crippen LogP contribution in [0, 0.1) is 11.8 Å². The number of methoxy groups -OCH3 is 1. The molecule has 1 aromatic heterocycles. The fourth-order valence-electron chi connectivity index (χ4n) is 4.18. The van der Waals surface area contributed by atoms with Crippen LogP contribution in [0.2, 0.25) is 0 Å². The molecule has 3 rings (SSSR count). The molecule has 1 N–H and O–H groups in total. The number of pyridine rings is 1. The van der Waals surface area contributed by atoms with E-state index in [2.05, 4.69) is 10.3 Å². The van der Waals surface area contributed by atoms with Gasteiger partial charge in [0.15, 0.2) is 0 Å². The van der Waals surface area contributed by atoms with Crippen molar-refractivity contribution in [2.75, 3.05) is 40.8 Å². The molecule has 0 radical (unpaired) electrons. The monoisotopic (exact) mass is 374 g/mol. The summed E-state index contributed by atoms with van der Waals surface area (Å²) >= 11 is 0. The van der Waals surface area contributed by atoms with Gasteiger partial charge in [-0.15, -0.1) is 0 Å². The van der Waals surface area contributed by atoms with Gasteiger partial charge >= 0.3 is 0 Å². The molecule has 3 atom stereocenters. The van der Waals surface area contributed by atoms with E-state index < -0.39 is 0 Å². The first-order chi connectivity index (χ1) is 13.0. The average molecular weight is 374 g/mol. The van der Waals surface area contributed by atoms with E-state index in [0.717, 1.165) is 38.9 Å². The zero-order chi connectivity index (χ0) is 19.4. The minimum Gasteiger partial charge on any atom is -0.481 e. The quantitative estimate of drug-likeness (QED) is 0.815. The van der Waals surface area contributed by atoms with Crippen LogP contribution in [0.5, 0.6) is 5.88 Å². The number of hydrogen-bond acceptors (Lipinski definition) is 5. The van der Waals surface area contributed by atoms with Crippen LogP contribution in [-0.4, -0.2) is 73.5 Å². The van der Waals surface area contributed by atoms with Gasteiger partial charge in [-0.05, 0) is 43.7 Å². The molecule has 0 aliphatic carbocycles. The summed E-state index contributed by atoms with van der Waals surface area (Å²) in [4.78, 5) is 32.4. The summed E-state index contributed by atoms with van der Waals surface area (Å²) in [5.74, 6) is 1.68. The van der Waals surface area contributed by atoms with Crippen molar-refractivity contribution in [3.8, 4) is 5.88 Å². The molecule has 1 aromatic rings. The molecule has 148 valence electrons. The van der Waals surface area contributed by atoms with Gasteiger partial charge in [0.1, 0.15) is 0 Å². The van der Waals surface area contributed by atoms with E-state index in [9.17, 15) is 9.59 Å². The number of nitrogens with zero attached hydrogens (tertiary/aromatic N) is 3. The molecule has 0 aromatic carbocycles. The Labute approximate surface area is 161 Å². The Hall–Kier alpha value is -2.15. The topological polar surface area (TPSA) is 74.8 Å². The second kappa shape index (κ2) is 8.69. The molecule has 2 amide bonds. The summed E-state index contributed by atoms with van der Waals surface area (Å²) in [5.41, 5.74) is 0.608. The van der Waals surface area contributed by atoms with E-state index in [1.165, 1.54) is 0 Å². The van der Waals surface area contributed by atoms with Gasteiger partial charge in [0.2, 0.25) is 11.8 Å². The van der Waals surface area contributed by atoms with E-state index >= 15 is 0 Å². The highest BCUT2D eigenvalue weighted by molar-refractivity contribution is 5.94. The van der Waals surface area contributed by atoms with Crippen molar-refractivity contribution in [1.82, 2.24) is 20.1 Å². The largest absolute Gasteiger partial charge is 0.481 e. The normalized spacial score (nSPS) is 24.4. The Balaban J connectivity index is 1.57. The molecule has 0 saturated carbocycles. The number of nitrogens with one attached hydrogen (secondary N) is 1. The molecule has 2 saturated heterocycles. The van der Waals surface area contributed by atoms with Gasteiger partial charge in [-0.2, -0.15) is 0 Å². The van der Waals surface area contributed by atoms with Crippen LogP contribution in [0.1, 0.15) is 36.0 Å². The first-order valence-corrected chi connectivity index (χ1v) is 9.70. The maximum Gasteiger partial charge on any atom is 0.255 e. The maximum atomic E-state index is 12.9. The van der Waals surface area contributed by atoms with Crippen LogP contribution < -0.4 is 10.1 Å². The number of likely N-dealkylation sites (tertiary alicyclic amines) is 1. The number of ether oxygens (including phenoxy) is 1. The number of carbonyl (C=O) groups is 2. The molecular weight excluding hydrogens is 344 g/mol. The van der Waals surface area contributed by atoms with Crippen LogP contribution in [0.4, 0.5) is 0 Å². The summed E-state index contributed by atoms with van der Waals surface area (Å²) in [5, 5.41) is 3.65. The predicted octanol–water partition coefficient (Wildman–Crippen LogP) is 1.40. The van der Waals surface area contributed by atoms with Gasteiger partial charge in [-0.3, -0.25) is 9.59 Å². The van der Waals surface area contributed by atoms with E-state index in [1.807, 2.05) is 4.90 Å². The van der Waals surface area contributed by atoms with Crippen molar-refractivity contribution < 1.29 is 14.3 Å². The molecule has 27 heavy (non-hydrogen) atoms. The lowest BCUT2D eigenvalue weighted by atomic mass is 9.79. The molecule has 2 fully saturated rings. The first kappa shape index (κ1) is 19.6. The molecule has 2 aliphatic heterocycles. The zero-order valence-corrected chi connectivity index (χ0v) is 16.5. The Morgan fingerprint density at radius 2 is 2.15 bits per heavy atom. The molecule has 2 bridgehead atoms. The van der Waals surface area contributed by atoms with Crippen LogP contribution in [-0.2, 0) is 4.79 Å². The van der Waals surface area contributed by atoms with Crippen molar-refractivity contribution in [2.24, 2.45) is 11.8 Å². The number of piperidine rings is 2. The second-order valence-corrected chi connectivity index (χ2v) is 7.86. The van der Waals surface area contributed by atoms with Crippen LogP contribution in [0.15, 0.2) is 18.3 Å². The van der Waals surface area contributed by atoms with Gasteiger partial charge in [0.25, 0.3) is 5.91 Å². The van der Waals surface area contributed by atoms with E-state index in [4.69, 9.17) is 4.74 Å². The average Bonchev–Trinajstić information content (AvgIpc) is 2.68. The molecule has 7 nitrogen and oxygen atoms in total. The standard InChI is InChI=1S/C20H30N4O3/c1-23(2)19(25)6-4-5-17-16-9-14(10-21-17)12-24(13-16)20(26)15-7-8-18(27-3)22-11-15/h7-8,11,14,16-17,21H,4-6,9-10,12-13H2,1-3H3/t14-,16+,17+/m0/s1. The maximum absolute atomic E-state index is 12.9. The lowest BCUT2D eigenvalue weighted by molar-refractivity contribution is -0.128. The van der Waals surface area contributed by atoms with Gasteiger partial charge in [0, 0.05) is 51.9 Å². The van der Waals surface area contributed by atoms with Crippen molar-refractivity contribution >= 4 is 11.8 Å². The summed E-state index contributed by atoms with van der Waals surface area (Å²) in [7, 11) is 5.16. The lowest BCUT2D eigenvalue weighted by Crippen LogP contribution is -2.57. The highest BCUT2D eigenvalue weighted by atomic mass is 16.5. The fourth-order valence-corrected chi connectivity index (χ4v) is 4.18. The third-order valence-corrected chi connectivity index (χ3v) is 5.69. The molecule has 3 heterocycles. The molecule has 2 aliphatic rings. The first-order valence-electron chi connectivity index (χ1n) is 9.70. The number of hydrogen-bond donors (Lipinski definition) is 1. The summed E-state index contributed by atoms with van der Waals surface area (Å²) in [6.07, 6.45) is 5.19. The van der Waals surface area contributed by atoms with Crippen molar-refractivity contribution in [2.45, 2.75) is 31.7 Å². The highest BCUT2D eigenvalue weighted by Crippen LogP contribution is 2.31. The Morgan fingerprint density at radius 1 is 1.33 bits per heavy atom. The fraction of sp³-hybridized carbons (Fsp3) is 0.650. The third-order valence-electron chi connectivity index (χ3n) is 5.69. The molecule has 0 spiro atoms. The summed E-state index contributed by atoms with van der Waals surface area (Å²) < 4.78 is 5.07. The summed E-state index contributed by atoms with van der Waals surface area (Å²) in [6, 6.07) is 3.88. The van der Waals surface area contributed by atoms with Crippen molar-refractivity contribution in [3.63, 3.8) is 0 Å². The van der Waals surface area contributed by atoms with E-state index in [0.29, 0.717) is 35.7 Å². The van der Waals surface area contributed by atoms with Crippen LogP contribution in [0.3, 0.4) is 0 Å². The highest BCUT2D eigenvalue weighted by Gasteiger charge is 2.38. The number of aromatic nitrogens is 1. The third kappa shape index (κ3) is 4.77. The Kier molecular flexibility index (Phi) is 6.31. The number of amides is 2. The van der Waals surface area contributed by atoms with E-state index in [-0.39, 0.29) is 11.8 Å². The van der Waals surface area contributed by atoms with Crippen LogP contribution >= 0.6 is 0 Å². The zero-order valence-electron chi connectivity index (χ0n) is 16.5. The Bertz CT molecular complexity index is 662. The Morgan fingerprint density at radius 3 is 2.81 bits per heavy atom. The van der Waals surface area contributed by atoms with E-state index in [1.54, 1.807) is 44.4 Å². The van der Waals surface area contributed by atoms with Gasteiger partial charge in [-0.1, -0.05) is 0 Å². The van der Waals surface area contributed by atoms with Gasteiger partial charge in [-0.25, -0.2) is 4.98 Å². The number of rotatable bonds is 6. The summed E-state index contributed by atoms with van der Waals surface area (Å²) in [6.45, 7) is 2.49. The van der Waals surface area contributed by atoms with Gasteiger partial charge < -0.3 is 19.9 Å². The lowest BCUT2D eigenvalue weighted by Gasteiger charge is -2.46. The minimum absolute atomic E-state index is 0.0447. The minimum atomic E-state index is 0.0447. The SMILES string of the molecule is COc1ccc(C(=O)N2C[C@@H]3CN[C@H](CCCC(=O)N(C)C)[C@H](C3)C2)cn1. The smallest absolute Gasteiger partial charge is 0.255 e. The molecule has 7 heteroatoms. The van der Waals surface area contributed by atoms with Crippen LogP contribution in [0.25, 0.3) is 0 Å². The number of carbonyl (C=O) groups excluding carboxylic acids is 2. The van der Waals surface area contributed by atoms with Crippen molar-refractivity contribution in [1.29, 1.82) is 0 Å². The second-order valence-electron chi connectivity index (χ2n) is 7.86. The van der Waals surface area contributed by atoms with Crippen molar-refractivity contribution in [3.05, 3.63) is 23.9 Å². The molecular formula is C20H30N4O3. The van der Waals surface area contributed by atoms with Gasteiger partial charge in [0.05, 0.1) is 12.7 Å².